The van der Waals surface area contributed by atoms with Gasteiger partial charge in [-0.25, -0.2) is 8.42 Å². The highest BCUT2D eigenvalue weighted by molar-refractivity contribution is 7.92. The lowest BCUT2D eigenvalue weighted by Gasteiger charge is -2.48. The third-order valence-corrected chi connectivity index (χ3v) is 8.96. The number of amides is 1. The molecule has 1 aliphatic rings. The molecule has 1 heterocycles. The van der Waals surface area contributed by atoms with Crippen LogP contribution in [0.15, 0.2) is 48.5 Å². The number of ether oxygens (including phenoxy) is 1. The van der Waals surface area contributed by atoms with Crippen molar-refractivity contribution in [2.45, 2.75) is 63.2 Å². The number of carboxylic acids is 1. The highest BCUT2D eigenvalue weighted by atomic mass is 35.5. The molecule has 1 aliphatic heterocycles. The first kappa shape index (κ1) is 27.5. The van der Waals surface area contributed by atoms with Crippen molar-refractivity contribution in [1.82, 2.24) is 4.90 Å². The van der Waals surface area contributed by atoms with Crippen molar-refractivity contribution in [3.63, 3.8) is 0 Å². The molecule has 1 unspecified atom stereocenters. The van der Waals surface area contributed by atoms with Crippen molar-refractivity contribution >= 4 is 44.9 Å². The van der Waals surface area contributed by atoms with Gasteiger partial charge in [0.05, 0.1) is 23.5 Å². The Hall–Kier alpha value is -2.13. The van der Waals surface area contributed by atoms with E-state index in [9.17, 15) is 23.1 Å². The maximum absolute atomic E-state index is 13.7. The fourth-order valence-electron chi connectivity index (χ4n) is 4.26. The van der Waals surface area contributed by atoms with Gasteiger partial charge in [0.15, 0.2) is 9.84 Å². The number of hydrogen-bond donors (Lipinski definition) is 1. The maximum atomic E-state index is 13.7. The second kappa shape index (κ2) is 11.3. The minimum atomic E-state index is -3.52. The number of carbonyl (C=O) groups is 2. The standard InChI is InChI=1S/C25H29Cl2NO6S/c1-4-20(14-35(32,33)15(2)3)28-23(16-8-10-18(26)11-9-16)24(17-6-5-7-19(27)12-17)34-21(25(28)31)13-22(29)30/h5-12,15,20-21,23-24H,4,13-14H2,1-3H3,(H,29,30)/t20?,21-,23+,24+/m0/s1. The van der Waals surface area contributed by atoms with Crippen LogP contribution in [0.3, 0.4) is 0 Å². The summed E-state index contributed by atoms with van der Waals surface area (Å²) in [4.78, 5) is 26.8. The van der Waals surface area contributed by atoms with Crippen LogP contribution in [0.25, 0.3) is 0 Å². The molecule has 35 heavy (non-hydrogen) atoms. The minimum Gasteiger partial charge on any atom is -0.481 e. The van der Waals surface area contributed by atoms with Crippen LogP contribution in [-0.2, 0) is 24.2 Å². The number of nitrogens with zero attached hydrogens (tertiary/aromatic N) is 1. The fourth-order valence-corrected chi connectivity index (χ4v) is 5.90. The summed E-state index contributed by atoms with van der Waals surface area (Å²) in [5.74, 6) is -2.00. The van der Waals surface area contributed by atoms with Gasteiger partial charge in [0.25, 0.3) is 5.91 Å². The molecule has 190 valence electrons. The molecular weight excluding hydrogens is 513 g/mol. The van der Waals surface area contributed by atoms with Crippen molar-refractivity contribution in [1.29, 1.82) is 0 Å². The van der Waals surface area contributed by atoms with E-state index in [4.69, 9.17) is 27.9 Å². The molecule has 0 aromatic heterocycles. The van der Waals surface area contributed by atoms with Crippen LogP contribution in [0.2, 0.25) is 10.0 Å². The second-order valence-electron chi connectivity index (χ2n) is 8.88. The summed E-state index contributed by atoms with van der Waals surface area (Å²) in [6.07, 6.45) is -2.26. The lowest BCUT2D eigenvalue weighted by molar-refractivity contribution is -0.182. The van der Waals surface area contributed by atoms with Crippen molar-refractivity contribution in [2.24, 2.45) is 0 Å². The molecule has 0 saturated carbocycles. The molecule has 2 aromatic carbocycles. The van der Waals surface area contributed by atoms with Gasteiger partial charge in [0.2, 0.25) is 0 Å². The Morgan fingerprint density at radius 2 is 1.74 bits per heavy atom. The van der Waals surface area contributed by atoms with E-state index in [-0.39, 0.29) is 5.75 Å². The van der Waals surface area contributed by atoms with Gasteiger partial charge in [-0.15, -0.1) is 0 Å². The molecule has 3 rings (SSSR count). The molecule has 0 bridgehead atoms. The third-order valence-electron chi connectivity index (χ3n) is 6.18. The van der Waals surface area contributed by atoms with Crippen LogP contribution in [0.5, 0.6) is 0 Å². The first-order valence-electron chi connectivity index (χ1n) is 11.4. The van der Waals surface area contributed by atoms with Gasteiger partial charge >= 0.3 is 5.97 Å². The van der Waals surface area contributed by atoms with E-state index in [2.05, 4.69) is 0 Å². The van der Waals surface area contributed by atoms with E-state index in [0.717, 1.165) is 0 Å². The van der Waals surface area contributed by atoms with Crippen LogP contribution < -0.4 is 0 Å². The summed E-state index contributed by atoms with van der Waals surface area (Å²) in [5.41, 5.74) is 1.33. The van der Waals surface area contributed by atoms with Crippen molar-refractivity contribution in [3.8, 4) is 0 Å². The number of rotatable bonds is 9. The van der Waals surface area contributed by atoms with E-state index in [1.54, 1.807) is 62.4 Å². The third kappa shape index (κ3) is 6.36. The number of carbonyl (C=O) groups excluding carboxylic acids is 1. The van der Waals surface area contributed by atoms with E-state index in [0.29, 0.717) is 27.6 Å². The Morgan fingerprint density at radius 3 is 2.29 bits per heavy atom. The van der Waals surface area contributed by atoms with Gasteiger partial charge in [0.1, 0.15) is 12.2 Å². The summed E-state index contributed by atoms with van der Waals surface area (Å²) < 4.78 is 31.9. The lowest BCUT2D eigenvalue weighted by Crippen LogP contribution is -2.56. The lowest BCUT2D eigenvalue weighted by atomic mass is 9.89. The summed E-state index contributed by atoms with van der Waals surface area (Å²) in [5, 5.41) is 9.79. The molecule has 10 heteroatoms. The summed E-state index contributed by atoms with van der Waals surface area (Å²) in [7, 11) is -3.52. The summed E-state index contributed by atoms with van der Waals surface area (Å²) in [6, 6.07) is 12.4. The number of morpholine rings is 1. The van der Waals surface area contributed by atoms with Gasteiger partial charge in [-0.1, -0.05) is 54.4 Å². The molecule has 1 N–H and O–H groups in total. The van der Waals surface area contributed by atoms with Gasteiger partial charge in [0, 0.05) is 16.1 Å². The predicted molar refractivity (Wildman–Crippen MR) is 135 cm³/mol. The van der Waals surface area contributed by atoms with Crippen LogP contribution in [0, 0.1) is 0 Å². The van der Waals surface area contributed by atoms with Gasteiger partial charge in [-0.3, -0.25) is 9.59 Å². The topological polar surface area (TPSA) is 101 Å². The zero-order valence-corrected chi connectivity index (χ0v) is 22.1. The molecule has 1 amide bonds. The van der Waals surface area contributed by atoms with Gasteiger partial charge in [-0.2, -0.15) is 0 Å². The van der Waals surface area contributed by atoms with E-state index in [1.807, 2.05) is 6.92 Å². The molecular formula is C25H29Cl2NO6S. The number of hydrogen-bond acceptors (Lipinski definition) is 5. The Balaban J connectivity index is 2.21. The highest BCUT2D eigenvalue weighted by Crippen LogP contribution is 2.44. The fraction of sp³-hybridized carbons (Fsp3) is 0.440. The van der Waals surface area contributed by atoms with E-state index < -0.39 is 57.7 Å². The molecule has 2 aromatic rings. The zero-order chi connectivity index (χ0) is 25.9. The smallest absolute Gasteiger partial charge is 0.306 e. The van der Waals surface area contributed by atoms with Crippen LogP contribution in [0.1, 0.15) is 56.9 Å². The number of sulfone groups is 1. The average molecular weight is 542 g/mol. The molecule has 0 aliphatic carbocycles. The molecule has 7 nitrogen and oxygen atoms in total. The van der Waals surface area contributed by atoms with Crippen LogP contribution in [-0.4, -0.2) is 53.4 Å². The second-order valence-corrected chi connectivity index (χ2v) is 12.4. The molecule has 4 atom stereocenters. The van der Waals surface area contributed by atoms with E-state index >= 15 is 0 Å². The van der Waals surface area contributed by atoms with Gasteiger partial charge < -0.3 is 14.7 Å². The monoisotopic (exact) mass is 541 g/mol. The Bertz CT molecular complexity index is 1170. The molecule has 1 fully saturated rings. The summed E-state index contributed by atoms with van der Waals surface area (Å²) in [6.45, 7) is 5.01. The molecule has 0 radical (unpaired) electrons. The highest BCUT2D eigenvalue weighted by Gasteiger charge is 2.47. The Labute approximate surface area is 215 Å². The first-order valence-corrected chi connectivity index (χ1v) is 13.8. The number of benzene rings is 2. The number of carboxylic acid groups (broad SMARTS) is 1. The Morgan fingerprint density at radius 1 is 1.09 bits per heavy atom. The molecule has 1 saturated heterocycles. The quantitative estimate of drug-likeness (QED) is 0.475. The first-order chi connectivity index (χ1) is 16.4. The molecule has 0 spiro atoms. The van der Waals surface area contributed by atoms with Gasteiger partial charge in [-0.05, 0) is 55.7 Å². The average Bonchev–Trinajstić information content (AvgIpc) is 2.79. The van der Waals surface area contributed by atoms with E-state index in [1.165, 1.54) is 4.90 Å². The Kier molecular flexibility index (Phi) is 8.86. The number of aliphatic carboxylic acids is 1. The van der Waals surface area contributed by atoms with Crippen LogP contribution in [0.4, 0.5) is 0 Å². The largest absolute Gasteiger partial charge is 0.481 e. The van der Waals surface area contributed by atoms with Crippen LogP contribution >= 0.6 is 23.2 Å². The predicted octanol–water partition coefficient (Wildman–Crippen LogP) is 5.08. The van der Waals surface area contributed by atoms with Crippen molar-refractivity contribution < 1.29 is 27.9 Å². The minimum absolute atomic E-state index is 0.251. The maximum Gasteiger partial charge on any atom is 0.306 e. The zero-order valence-electron chi connectivity index (χ0n) is 19.7. The SMILES string of the molecule is CCC(CS(=O)(=O)C(C)C)N1C(=O)[C@H](CC(=O)O)O[C@H](c2cccc(Cl)c2)[C@H]1c1ccc(Cl)cc1. The normalized spacial score (nSPS) is 21.8. The van der Waals surface area contributed by atoms with Crippen molar-refractivity contribution in [2.75, 3.05) is 5.75 Å². The summed E-state index contributed by atoms with van der Waals surface area (Å²) >= 11 is 12.4. The van der Waals surface area contributed by atoms with Crippen molar-refractivity contribution in [3.05, 3.63) is 69.7 Å². The number of halogens is 2.